The number of halogens is 1. The largest absolute Gasteiger partial charge is 0.352 e. The van der Waals surface area contributed by atoms with Crippen molar-refractivity contribution in [2.24, 2.45) is 0 Å². The molecule has 3 heterocycles. The number of pyridine rings is 1. The van der Waals surface area contributed by atoms with Crippen LogP contribution in [0.15, 0.2) is 54.6 Å². The molecule has 7 nitrogen and oxygen atoms in total. The third kappa shape index (κ3) is 4.86. The third-order valence-electron chi connectivity index (χ3n) is 5.05. The standard InChI is InChI=1S/C22H23ClN6O/c1-16-5-4-8-19(24-16)25-20-9-10-21(27-26-20)28-11-13-29(14-12-28)22(30)15-17-6-2-3-7-18(17)23/h2-10H,11-15H2,1H3,(H,24,25,26). The van der Waals surface area contributed by atoms with Gasteiger partial charge in [-0.1, -0.05) is 35.9 Å². The van der Waals surface area contributed by atoms with Crippen molar-refractivity contribution in [2.45, 2.75) is 13.3 Å². The maximum absolute atomic E-state index is 12.6. The zero-order valence-electron chi connectivity index (χ0n) is 16.8. The number of aromatic nitrogens is 3. The number of hydrogen-bond acceptors (Lipinski definition) is 6. The van der Waals surface area contributed by atoms with Gasteiger partial charge in [0, 0.05) is 36.9 Å². The van der Waals surface area contributed by atoms with E-state index in [4.69, 9.17) is 11.6 Å². The summed E-state index contributed by atoms with van der Waals surface area (Å²) in [6.45, 7) is 4.68. The highest BCUT2D eigenvalue weighted by molar-refractivity contribution is 6.31. The molecule has 8 heteroatoms. The van der Waals surface area contributed by atoms with E-state index < -0.39 is 0 Å². The van der Waals surface area contributed by atoms with Gasteiger partial charge in [0.2, 0.25) is 5.91 Å². The second-order valence-corrected chi connectivity index (χ2v) is 7.61. The summed E-state index contributed by atoms with van der Waals surface area (Å²) in [4.78, 5) is 21.0. The zero-order valence-corrected chi connectivity index (χ0v) is 17.5. The Morgan fingerprint density at radius 1 is 0.967 bits per heavy atom. The molecule has 1 amide bonds. The Hall–Kier alpha value is -3.19. The number of rotatable bonds is 5. The maximum Gasteiger partial charge on any atom is 0.227 e. The molecule has 0 bridgehead atoms. The van der Waals surface area contributed by atoms with Gasteiger partial charge in [-0.3, -0.25) is 4.79 Å². The smallest absolute Gasteiger partial charge is 0.227 e. The van der Waals surface area contributed by atoms with Gasteiger partial charge in [0.05, 0.1) is 6.42 Å². The summed E-state index contributed by atoms with van der Waals surface area (Å²) in [5.41, 5.74) is 1.80. The molecule has 0 unspecified atom stereocenters. The second-order valence-electron chi connectivity index (χ2n) is 7.20. The summed E-state index contributed by atoms with van der Waals surface area (Å²) in [7, 11) is 0. The first-order chi connectivity index (χ1) is 14.6. The fraction of sp³-hybridized carbons (Fsp3) is 0.273. The highest BCUT2D eigenvalue weighted by Crippen LogP contribution is 2.19. The van der Waals surface area contributed by atoms with Crippen molar-refractivity contribution in [1.29, 1.82) is 0 Å². The molecular formula is C22H23ClN6O. The molecule has 0 saturated carbocycles. The van der Waals surface area contributed by atoms with Crippen molar-refractivity contribution >= 4 is 35.0 Å². The van der Waals surface area contributed by atoms with E-state index >= 15 is 0 Å². The predicted molar refractivity (Wildman–Crippen MR) is 118 cm³/mol. The van der Waals surface area contributed by atoms with Crippen molar-refractivity contribution in [3.8, 4) is 0 Å². The number of nitrogens with one attached hydrogen (secondary N) is 1. The van der Waals surface area contributed by atoms with E-state index in [1.54, 1.807) is 0 Å². The number of anilines is 3. The van der Waals surface area contributed by atoms with E-state index in [1.807, 2.05) is 66.4 Å². The van der Waals surface area contributed by atoms with Gasteiger partial charge in [-0.2, -0.15) is 0 Å². The van der Waals surface area contributed by atoms with E-state index in [0.717, 1.165) is 36.0 Å². The van der Waals surface area contributed by atoms with Crippen molar-refractivity contribution in [2.75, 3.05) is 36.4 Å². The molecule has 30 heavy (non-hydrogen) atoms. The van der Waals surface area contributed by atoms with Crippen molar-refractivity contribution < 1.29 is 4.79 Å². The number of amides is 1. The molecule has 0 radical (unpaired) electrons. The van der Waals surface area contributed by atoms with Crippen LogP contribution in [-0.4, -0.2) is 52.2 Å². The molecule has 0 aliphatic carbocycles. The number of carbonyl (C=O) groups excluding carboxylic acids is 1. The van der Waals surface area contributed by atoms with Gasteiger partial charge < -0.3 is 15.1 Å². The summed E-state index contributed by atoms with van der Waals surface area (Å²) in [5, 5.41) is 12.4. The van der Waals surface area contributed by atoms with Crippen LogP contribution in [0, 0.1) is 6.92 Å². The lowest BCUT2D eigenvalue weighted by Crippen LogP contribution is -2.49. The van der Waals surface area contributed by atoms with Crippen LogP contribution >= 0.6 is 11.6 Å². The molecule has 1 aromatic carbocycles. The molecule has 1 aliphatic heterocycles. The molecule has 1 aliphatic rings. The quantitative estimate of drug-likeness (QED) is 0.678. The normalized spacial score (nSPS) is 13.9. The number of nitrogens with zero attached hydrogens (tertiary/aromatic N) is 5. The lowest BCUT2D eigenvalue weighted by molar-refractivity contribution is -0.130. The monoisotopic (exact) mass is 422 g/mol. The van der Waals surface area contributed by atoms with Crippen LogP contribution in [0.1, 0.15) is 11.3 Å². The molecule has 1 saturated heterocycles. The highest BCUT2D eigenvalue weighted by atomic mass is 35.5. The van der Waals surface area contributed by atoms with Crippen molar-refractivity contribution in [3.05, 3.63) is 70.9 Å². The zero-order chi connectivity index (χ0) is 20.9. The van der Waals surface area contributed by atoms with Crippen LogP contribution in [-0.2, 0) is 11.2 Å². The van der Waals surface area contributed by atoms with Crippen molar-refractivity contribution in [1.82, 2.24) is 20.1 Å². The van der Waals surface area contributed by atoms with Crippen LogP contribution in [0.3, 0.4) is 0 Å². The fourth-order valence-electron chi connectivity index (χ4n) is 3.41. The van der Waals surface area contributed by atoms with Crippen LogP contribution in [0.5, 0.6) is 0 Å². The number of benzene rings is 1. The molecule has 1 fully saturated rings. The Balaban J connectivity index is 1.31. The van der Waals surface area contributed by atoms with Gasteiger partial charge in [0.15, 0.2) is 11.6 Å². The number of aryl methyl sites for hydroxylation is 1. The van der Waals surface area contributed by atoms with Crippen LogP contribution < -0.4 is 10.2 Å². The Kier molecular flexibility index (Phi) is 6.09. The fourth-order valence-corrected chi connectivity index (χ4v) is 3.61. The van der Waals surface area contributed by atoms with Gasteiger partial charge in [0.25, 0.3) is 0 Å². The first-order valence-electron chi connectivity index (χ1n) is 9.89. The summed E-state index contributed by atoms with van der Waals surface area (Å²) < 4.78 is 0. The predicted octanol–water partition coefficient (Wildman–Crippen LogP) is 3.47. The highest BCUT2D eigenvalue weighted by Gasteiger charge is 2.22. The summed E-state index contributed by atoms with van der Waals surface area (Å²) in [6.07, 6.45) is 0.326. The minimum Gasteiger partial charge on any atom is -0.352 e. The molecule has 3 aromatic rings. The molecule has 154 valence electrons. The minimum atomic E-state index is 0.0963. The van der Waals surface area contributed by atoms with Crippen LogP contribution in [0.4, 0.5) is 17.5 Å². The van der Waals surface area contributed by atoms with E-state index in [0.29, 0.717) is 30.4 Å². The van der Waals surface area contributed by atoms with Crippen LogP contribution in [0.2, 0.25) is 5.02 Å². The Bertz CT molecular complexity index is 1020. The number of hydrogen-bond donors (Lipinski definition) is 1. The molecule has 0 atom stereocenters. The van der Waals surface area contributed by atoms with Gasteiger partial charge in [0.1, 0.15) is 5.82 Å². The van der Waals surface area contributed by atoms with Gasteiger partial charge >= 0.3 is 0 Å². The van der Waals surface area contributed by atoms with Gasteiger partial charge in [-0.05, 0) is 42.8 Å². The first-order valence-corrected chi connectivity index (χ1v) is 10.3. The first kappa shape index (κ1) is 20.1. The SMILES string of the molecule is Cc1cccc(Nc2ccc(N3CCN(C(=O)Cc4ccccc4Cl)CC3)nn2)n1. The lowest BCUT2D eigenvalue weighted by atomic mass is 10.1. The minimum absolute atomic E-state index is 0.0963. The number of piperazine rings is 1. The summed E-state index contributed by atoms with van der Waals surface area (Å²) in [5.74, 6) is 2.28. The Morgan fingerprint density at radius 2 is 1.77 bits per heavy atom. The molecule has 1 N–H and O–H groups in total. The Labute approximate surface area is 180 Å². The molecular weight excluding hydrogens is 400 g/mol. The average molecular weight is 423 g/mol. The van der Waals surface area contributed by atoms with Gasteiger partial charge in [-0.25, -0.2) is 4.98 Å². The van der Waals surface area contributed by atoms with E-state index in [-0.39, 0.29) is 5.91 Å². The summed E-state index contributed by atoms with van der Waals surface area (Å²) in [6, 6.07) is 17.1. The second kappa shape index (κ2) is 9.09. The molecule has 2 aromatic heterocycles. The maximum atomic E-state index is 12.6. The van der Waals surface area contributed by atoms with Crippen LogP contribution in [0.25, 0.3) is 0 Å². The molecule has 4 rings (SSSR count). The Morgan fingerprint density at radius 3 is 2.47 bits per heavy atom. The van der Waals surface area contributed by atoms with E-state index in [2.05, 4.69) is 25.4 Å². The molecule has 0 spiro atoms. The third-order valence-corrected chi connectivity index (χ3v) is 5.42. The average Bonchev–Trinajstić information content (AvgIpc) is 2.76. The topological polar surface area (TPSA) is 74.2 Å². The van der Waals surface area contributed by atoms with E-state index in [9.17, 15) is 4.79 Å². The van der Waals surface area contributed by atoms with E-state index in [1.165, 1.54) is 0 Å². The van der Waals surface area contributed by atoms with Crippen molar-refractivity contribution in [3.63, 3.8) is 0 Å². The van der Waals surface area contributed by atoms with Gasteiger partial charge in [-0.15, -0.1) is 10.2 Å². The number of carbonyl (C=O) groups is 1. The summed E-state index contributed by atoms with van der Waals surface area (Å²) >= 11 is 6.18. The lowest BCUT2D eigenvalue weighted by Gasteiger charge is -2.35.